The molecule has 0 saturated carbocycles. The Morgan fingerprint density at radius 2 is 1.40 bits per heavy atom. The molecule has 0 N–H and O–H groups in total. The van der Waals surface area contributed by atoms with Gasteiger partial charge < -0.3 is 0 Å². The van der Waals surface area contributed by atoms with Crippen LogP contribution in [0.1, 0.15) is 71.1 Å². The molecule has 2 nitrogen and oxygen atoms in total. The van der Waals surface area contributed by atoms with Gasteiger partial charge in [0.2, 0.25) is 0 Å². The van der Waals surface area contributed by atoms with Crippen LogP contribution in [-0.2, 0) is 6.54 Å². The summed E-state index contributed by atoms with van der Waals surface area (Å²) in [5.74, 6) is 0. The predicted octanol–water partition coefficient (Wildman–Crippen LogP) is 6.36. The summed E-state index contributed by atoms with van der Waals surface area (Å²) in [5.41, 5.74) is 0.0952. The van der Waals surface area contributed by atoms with E-state index in [0.717, 1.165) is 16.8 Å². The first kappa shape index (κ1) is 18.4. The van der Waals surface area contributed by atoms with Gasteiger partial charge in [-0.05, 0) is 49.8 Å². The Kier molecular flexibility index (Phi) is 10.2. The Balaban J connectivity index is 2.00. The fourth-order valence-corrected chi connectivity index (χ4v) is 4.26. The van der Waals surface area contributed by atoms with Crippen molar-refractivity contribution in [2.75, 3.05) is 0 Å². The second kappa shape index (κ2) is 11.0. The Hall–Kier alpha value is 0.390. The molecule has 0 unspecified atom stereocenters. The van der Waals surface area contributed by atoms with E-state index in [-0.39, 0.29) is 5.56 Å². The van der Waals surface area contributed by atoms with Crippen LogP contribution in [-0.4, -0.2) is 3.96 Å². The standard InChI is InChI=1S/C15H25Br2NOS/c1-2-3-4-5-6-7-8-9-10-11-12-18-15(19)13(16)14(17)20-18/h2-12H2,1H3. The van der Waals surface area contributed by atoms with Gasteiger partial charge in [-0.2, -0.15) is 0 Å². The summed E-state index contributed by atoms with van der Waals surface area (Å²) >= 11 is 8.18. The fourth-order valence-electron chi connectivity index (χ4n) is 2.26. The van der Waals surface area contributed by atoms with Gasteiger partial charge in [-0.15, -0.1) is 0 Å². The molecule has 0 spiro atoms. The molecule has 20 heavy (non-hydrogen) atoms. The second-order valence-electron chi connectivity index (χ2n) is 5.27. The smallest absolute Gasteiger partial charge is 0.267 e. The lowest BCUT2D eigenvalue weighted by Crippen LogP contribution is -2.13. The van der Waals surface area contributed by atoms with E-state index < -0.39 is 0 Å². The molecular weight excluding hydrogens is 402 g/mol. The van der Waals surface area contributed by atoms with E-state index in [1.54, 1.807) is 0 Å². The molecule has 0 fully saturated rings. The number of unbranched alkanes of at least 4 members (excludes halogenated alkanes) is 9. The monoisotopic (exact) mass is 425 g/mol. The fraction of sp³-hybridized carbons (Fsp3) is 0.800. The average Bonchev–Trinajstić information content (AvgIpc) is 2.68. The van der Waals surface area contributed by atoms with Crippen molar-refractivity contribution in [1.29, 1.82) is 0 Å². The number of hydrogen-bond donors (Lipinski definition) is 0. The number of rotatable bonds is 11. The van der Waals surface area contributed by atoms with Crippen LogP contribution in [0.2, 0.25) is 0 Å². The Morgan fingerprint density at radius 1 is 0.900 bits per heavy atom. The molecule has 0 aliphatic rings. The Morgan fingerprint density at radius 3 is 1.85 bits per heavy atom. The van der Waals surface area contributed by atoms with Crippen LogP contribution in [0.25, 0.3) is 0 Å². The number of aromatic nitrogens is 1. The van der Waals surface area contributed by atoms with Gasteiger partial charge in [0.05, 0.1) is 0 Å². The predicted molar refractivity (Wildman–Crippen MR) is 95.8 cm³/mol. The summed E-state index contributed by atoms with van der Waals surface area (Å²) < 4.78 is 3.39. The van der Waals surface area contributed by atoms with Gasteiger partial charge in [-0.1, -0.05) is 64.7 Å². The van der Waals surface area contributed by atoms with Crippen molar-refractivity contribution in [3.05, 3.63) is 18.6 Å². The van der Waals surface area contributed by atoms with E-state index in [9.17, 15) is 4.79 Å². The number of hydrogen-bond acceptors (Lipinski definition) is 2. The van der Waals surface area contributed by atoms with E-state index >= 15 is 0 Å². The summed E-state index contributed by atoms with van der Waals surface area (Å²) in [6.45, 7) is 3.11. The molecule has 0 radical (unpaired) electrons. The van der Waals surface area contributed by atoms with Crippen LogP contribution in [0, 0.1) is 0 Å². The number of halogens is 2. The van der Waals surface area contributed by atoms with Crippen molar-refractivity contribution in [2.24, 2.45) is 0 Å². The van der Waals surface area contributed by atoms with Gasteiger partial charge in [-0.25, -0.2) is 0 Å². The zero-order valence-corrected chi connectivity index (χ0v) is 16.3. The SMILES string of the molecule is CCCCCCCCCCCCn1sc(Br)c(Br)c1=O. The minimum Gasteiger partial charge on any atom is -0.267 e. The first-order valence-corrected chi connectivity index (χ1v) is 10.1. The Labute approximate surface area is 143 Å². The lowest BCUT2D eigenvalue weighted by atomic mass is 10.1. The van der Waals surface area contributed by atoms with Crippen molar-refractivity contribution in [2.45, 2.75) is 77.7 Å². The molecule has 5 heteroatoms. The minimum atomic E-state index is 0.0952. The normalized spacial score (nSPS) is 11.2. The van der Waals surface area contributed by atoms with Gasteiger partial charge in [-0.3, -0.25) is 8.75 Å². The van der Waals surface area contributed by atoms with E-state index in [0.29, 0.717) is 4.47 Å². The molecule has 0 amide bonds. The van der Waals surface area contributed by atoms with E-state index in [1.807, 2.05) is 3.96 Å². The van der Waals surface area contributed by atoms with Crippen molar-refractivity contribution in [3.63, 3.8) is 0 Å². The summed E-state index contributed by atoms with van der Waals surface area (Å²) in [6.07, 6.45) is 13.3. The molecule has 0 atom stereocenters. The molecule has 0 bridgehead atoms. The molecule has 1 aromatic rings. The molecule has 0 aliphatic heterocycles. The zero-order valence-electron chi connectivity index (χ0n) is 12.3. The van der Waals surface area contributed by atoms with Crippen LogP contribution in [0.4, 0.5) is 0 Å². The molecule has 1 rings (SSSR count). The van der Waals surface area contributed by atoms with Crippen molar-refractivity contribution < 1.29 is 0 Å². The maximum Gasteiger partial charge on any atom is 0.276 e. The molecule has 1 aromatic heterocycles. The lowest BCUT2D eigenvalue weighted by molar-refractivity contribution is 0.540. The van der Waals surface area contributed by atoms with Crippen molar-refractivity contribution >= 4 is 43.4 Å². The maximum atomic E-state index is 11.8. The second-order valence-corrected chi connectivity index (χ2v) is 8.41. The average molecular weight is 427 g/mol. The Bertz CT molecular complexity index is 428. The first-order chi connectivity index (χ1) is 9.66. The largest absolute Gasteiger partial charge is 0.276 e. The summed E-state index contributed by atoms with van der Waals surface area (Å²) in [4.78, 5) is 11.8. The highest BCUT2D eigenvalue weighted by Crippen LogP contribution is 2.24. The molecule has 0 aromatic carbocycles. The van der Waals surface area contributed by atoms with Crippen LogP contribution < -0.4 is 5.56 Å². The van der Waals surface area contributed by atoms with Gasteiger partial charge in [0.1, 0.15) is 8.26 Å². The van der Waals surface area contributed by atoms with Gasteiger partial charge in [0, 0.05) is 6.54 Å². The van der Waals surface area contributed by atoms with Crippen molar-refractivity contribution in [3.8, 4) is 0 Å². The van der Waals surface area contributed by atoms with Crippen LogP contribution in [0.3, 0.4) is 0 Å². The van der Waals surface area contributed by atoms with Crippen LogP contribution >= 0.6 is 43.4 Å². The number of nitrogens with zero attached hydrogens (tertiary/aromatic N) is 1. The third kappa shape index (κ3) is 6.90. The van der Waals surface area contributed by atoms with E-state index in [2.05, 4.69) is 38.8 Å². The third-order valence-electron chi connectivity index (χ3n) is 3.49. The maximum absolute atomic E-state index is 11.8. The van der Waals surface area contributed by atoms with Crippen LogP contribution in [0.15, 0.2) is 13.1 Å². The quantitative estimate of drug-likeness (QED) is 0.377. The van der Waals surface area contributed by atoms with Gasteiger partial charge >= 0.3 is 0 Å². The first-order valence-electron chi connectivity index (χ1n) is 7.72. The third-order valence-corrected chi connectivity index (χ3v) is 6.79. The van der Waals surface area contributed by atoms with Crippen molar-refractivity contribution in [1.82, 2.24) is 3.96 Å². The topological polar surface area (TPSA) is 22.0 Å². The van der Waals surface area contributed by atoms with E-state index in [1.165, 1.54) is 69.3 Å². The van der Waals surface area contributed by atoms with Gasteiger partial charge in [0.25, 0.3) is 5.56 Å². The molecule has 0 aliphatic carbocycles. The van der Waals surface area contributed by atoms with Crippen LogP contribution in [0.5, 0.6) is 0 Å². The molecule has 116 valence electrons. The lowest BCUT2D eigenvalue weighted by Gasteiger charge is -2.02. The van der Waals surface area contributed by atoms with Gasteiger partial charge in [0.15, 0.2) is 0 Å². The summed E-state index contributed by atoms with van der Waals surface area (Å²) in [5, 5.41) is 0. The highest BCUT2D eigenvalue weighted by molar-refractivity contribution is 9.13. The minimum absolute atomic E-state index is 0.0952. The summed E-state index contributed by atoms with van der Waals surface area (Å²) in [6, 6.07) is 0. The molecule has 0 saturated heterocycles. The molecular formula is C15H25Br2NOS. The highest BCUT2D eigenvalue weighted by Gasteiger charge is 2.09. The summed E-state index contributed by atoms with van der Waals surface area (Å²) in [7, 11) is 0. The molecule has 1 heterocycles. The zero-order chi connectivity index (χ0) is 14.8. The highest BCUT2D eigenvalue weighted by atomic mass is 79.9. The van der Waals surface area contributed by atoms with E-state index in [4.69, 9.17) is 0 Å². The number of aryl methyl sites for hydroxylation is 1.